The molecule has 1 saturated carbocycles. The number of allylic oxidation sites excluding steroid dienone is 1. The fourth-order valence-electron chi connectivity index (χ4n) is 3.72. The average molecular weight is 228 g/mol. The van der Waals surface area contributed by atoms with Gasteiger partial charge in [0.25, 0.3) is 0 Å². The molecule has 1 aromatic carbocycles. The first-order chi connectivity index (χ1) is 7.91. The van der Waals surface area contributed by atoms with Gasteiger partial charge in [-0.25, -0.2) is 0 Å². The summed E-state index contributed by atoms with van der Waals surface area (Å²) in [6, 6.07) is 10.9. The van der Waals surface area contributed by atoms with Crippen LogP contribution in [0.4, 0.5) is 0 Å². The SMILES string of the molecule is C=C1C[C@H](c2ccccc2)[C@H](C)C1C(C)(C)C. The van der Waals surface area contributed by atoms with Crippen molar-refractivity contribution in [2.45, 2.75) is 40.0 Å². The van der Waals surface area contributed by atoms with Crippen LogP contribution in [0.2, 0.25) is 0 Å². The van der Waals surface area contributed by atoms with Crippen LogP contribution in [0.25, 0.3) is 0 Å². The smallest absolute Gasteiger partial charge is 0.00931 e. The van der Waals surface area contributed by atoms with Gasteiger partial charge in [-0.2, -0.15) is 0 Å². The third-order valence-corrected chi connectivity index (χ3v) is 4.24. The lowest BCUT2D eigenvalue weighted by molar-refractivity contribution is 0.220. The van der Waals surface area contributed by atoms with E-state index in [4.69, 9.17) is 0 Å². The zero-order valence-electron chi connectivity index (χ0n) is 11.5. The summed E-state index contributed by atoms with van der Waals surface area (Å²) < 4.78 is 0. The first-order valence-corrected chi connectivity index (χ1v) is 6.64. The molecule has 0 spiro atoms. The first kappa shape index (κ1) is 12.4. The van der Waals surface area contributed by atoms with Gasteiger partial charge in [-0.3, -0.25) is 0 Å². The highest BCUT2D eigenvalue weighted by Crippen LogP contribution is 2.52. The highest BCUT2D eigenvalue weighted by Gasteiger charge is 2.42. The van der Waals surface area contributed by atoms with E-state index in [0.29, 0.717) is 23.2 Å². The Kier molecular flexibility index (Phi) is 3.16. The molecule has 2 rings (SSSR count). The maximum absolute atomic E-state index is 4.33. The maximum atomic E-state index is 4.33. The van der Waals surface area contributed by atoms with Crippen LogP contribution in [-0.4, -0.2) is 0 Å². The molecule has 1 unspecified atom stereocenters. The fraction of sp³-hybridized carbons (Fsp3) is 0.529. The van der Waals surface area contributed by atoms with Crippen LogP contribution in [-0.2, 0) is 0 Å². The van der Waals surface area contributed by atoms with E-state index in [-0.39, 0.29) is 0 Å². The minimum atomic E-state index is 0.333. The first-order valence-electron chi connectivity index (χ1n) is 6.64. The van der Waals surface area contributed by atoms with Crippen LogP contribution >= 0.6 is 0 Å². The summed E-state index contributed by atoms with van der Waals surface area (Å²) in [6.45, 7) is 13.7. The molecule has 0 saturated heterocycles. The second-order valence-electron chi connectivity index (χ2n) is 6.58. The summed E-state index contributed by atoms with van der Waals surface area (Å²) in [6.07, 6.45) is 1.16. The molecule has 1 aromatic rings. The van der Waals surface area contributed by atoms with Crippen molar-refractivity contribution in [2.75, 3.05) is 0 Å². The van der Waals surface area contributed by atoms with Gasteiger partial charge in [0.1, 0.15) is 0 Å². The molecule has 92 valence electrons. The fourth-order valence-corrected chi connectivity index (χ4v) is 3.72. The topological polar surface area (TPSA) is 0 Å². The molecule has 0 heterocycles. The van der Waals surface area contributed by atoms with Crippen LogP contribution in [0.1, 0.15) is 45.6 Å². The Hall–Kier alpha value is -1.04. The Bertz CT molecular complexity index is 394. The lowest BCUT2D eigenvalue weighted by atomic mass is 9.72. The van der Waals surface area contributed by atoms with Crippen molar-refractivity contribution in [2.24, 2.45) is 17.3 Å². The van der Waals surface area contributed by atoms with Gasteiger partial charge in [0.05, 0.1) is 0 Å². The maximum Gasteiger partial charge on any atom is -0.00931 e. The summed E-state index contributed by atoms with van der Waals surface area (Å²) in [4.78, 5) is 0. The molecular weight excluding hydrogens is 204 g/mol. The van der Waals surface area contributed by atoms with Crippen molar-refractivity contribution in [3.05, 3.63) is 48.0 Å². The van der Waals surface area contributed by atoms with Crippen molar-refractivity contribution in [1.82, 2.24) is 0 Å². The Morgan fingerprint density at radius 1 is 1.12 bits per heavy atom. The van der Waals surface area contributed by atoms with E-state index in [2.05, 4.69) is 64.6 Å². The number of benzene rings is 1. The predicted molar refractivity (Wildman–Crippen MR) is 75.0 cm³/mol. The Balaban J connectivity index is 2.28. The number of hydrogen-bond acceptors (Lipinski definition) is 0. The third kappa shape index (κ3) is 2.31. The minimum absolute atomic E-state index is 0.333. The van der Waals surface area contributed by atoms with Gasteiger partial charge in [-0.05, 0) is 35.2 Å². The largest absolute Gasteiger partial charge is 0.0995 e. The minimum Gasteiger partial charge on any atom is -0.0995 e. The van der Waals surface area contributed by atoms with E-state index < -0.39 is 0 Å². The summed E-state index contributed by atoms with van der Waals surface area (Å²) in [5.74, 6) is 2.01. The standard InChI is InChI=1S/C17H24/c1-12-11-15(14-9-7-6-8-10-14)13(2)16(12)17(3,4)5/h6-10,13,15-16H,1,11H2,2-5H3/t13-,15-,16?/m0/s1. The molecule has 0 nitrogen and oxygen atoms in total. The molecule has 1 aliphatic carbocycles. The molecule has 1 fully saturated rings. The summed E-state index contributed by atoms with van der Waals surface area (Å²) in [5, 5.41) is 0. The van der Waals surface area contributed by atoms with E-state index in [1.807, 2.05) is 0 Å². The molecule has 3 atom stereocenters. The van der Waals surface area contributed by atoms with Crippen molar-refractivity contribution in [1.29, 1.82) is 0 Å². The molecule has 1 aliphatic rings. The highest BCUT2D eigenvalue weighted by molar-refractivity contribution is 5.28. The van der Waals surface area contributed by atoms with Gasteiger partial charge in [-0.15, -0.1) is 0 Å². The van der Waals surface area contributed by atoms with Crippen LogP contribution in [0.3, 0.4) is 0 Å². The number of hydrogen-bond donors (Lipinski definition) is 0. The Morgan fingerprint density at radius 2 is 1.71 bits per heavy atom. The highest BCUT2D eigenvalue weighted by atomic mass is 14.5. The van der Waals surface area contributed by atoms with Gasteiger partial charge in [0.2, 0.25) is 0 Å². The molecule has 0 bridgehead atoms. The van der Waals surface area contributed by atoms with E-state index in [9.17, 15) is 0 Å². The van der Waals surface area contributed by atoms with Crippen molar-refractivity contribution >= 4 is 0 Å². The van der Waals surface area contributed by atoms with Gasteiger partial charge >= 0.3 is 0 Å². The lowest BCUT2D eigenvalue weighted by Gasteiger charge is -2.33. The third-order valence-electron chi connectivity index (χ3n) is 4.24. The zero-order valence-corrected chi connectivity index (χ0v) is 11.5. The second kappa shape index (κ2) is 4.33. The lowest BCUT2D eigenvalue weighted by Crippen LogP contribution is -2.25. The molecule has 0 amide bonds. The van der Waals surface area contributed by atoms with E-state index in [1.165, 1.54) is 11.1 Å². The molecule has 0 aromatic heterocycles. The molecule has 0 N–H and O–H groups in total. The van der Waals surface area contributed by atoms with Gasteiger partial charge < -0.3 is 0 Å². The number of rotatable bonds is 1. The van der Waals surface area contributed by atoms with Crippen molar-refractivity contribution in [3.63, 3.8) is 0 Å². The van der Waals surface area contributed by atoms with Gasteiger partial charge in [0.15, 0.2) is 0 Å². The van der Waals surface area contributed by atoms with Crippen molar-refractivity contribution in [3.8, 4) is 0 Å². The molecule has 0 radical (unpaired) electrons. The van der Waals surface area contributed by atoms with E-state index in [0.717, 1.165) is 6.42 Å². The van der Waals surface area contributed by atoms with Crippen LogP contribution in [0.5, 0.6) is 0 Å². The summed E-state index contributed by atoms with van der Waals surface area (Å²) >= 11 is 0. The van der Waals surface area contributed by atoms with E-state index >= 15 is 0 Å². The average Bonchev–Trinajstić information content (AvgIpc) is 2.54. The van der Waals surface area contributed by atoms with Crippen LogP contribution < -0.4 is 0 Å². The van der Waals surface area contributed by atoms with Gasteiger partial charge in [0, 0.05) is 0 Å². The van der Waals surface area contributed by atoms with Crippen LogP contribution in [0, 0.1) is 17.3 Å². The van der Waals surface area contributed by atoms with Crippen molar-refractivity contribution < 1.29 is 0 Å². The monoisotopic (exact) mass is 228 g/mol. The second-order valence-corrected chi connectivity index (χ2v) is 6.58. The zero-order chi connectivity index (χ0) is 12.6. The Morgan fingerprint density at radius 3 is 2.18 bits per heavy atom. The Labute approximate surface area is 106 Å². The molecule has 17 heavy (non-hydrogen) atoms. The van der Waals surface area contributed by atoms with E-state index in [1.54, 1.807) is 0 Å². The summed E-state index contributed by atoms with van der Waals surface area (Å²) in [5.41, 5.74) is 3.26. The summed E-state index contributed by atoms with van der Waals surface area (Å²) in [7, 11) is 0. The molecule has 0 aliphatic heterocycles. The quantitative estimate of drug-likeness (QED) is 0.591. The molecular formula is C17H24. The van der Waals surface area contributed by atoms with Crippen LogP contribution in [0.15, 0.2) is 42.5 Å². The molecule has 0 heteroatoms. The van der Waals surface area contributed by atoms with Gasteiger partial charge in [-0.1, -0.05) is 70.2 Å². The normalized spacial score (nSPS) is 29.6. The predicted octanol–water partition coefficient (Wildman–Crippen LogP) is 5.03.